The lowest BCUT2D eigenvalue weighted by Crippen LogP contribution is -2.58. The third-order valence-electron chi connectivity index (χ3n) is 8.18. The van der Waals surface area contributed by atoms with Crippen molar-refractivity contribution in [2.45, 2.75) is 39.8 Å². The van der Waals surface area contributed by atoms with Gasteiger partial charge in [0.15, 0.2) is 5.71 Å². The van der Waals surface area contributed by atoms with Crippen LogP contribution in [-0.4, -0.2) is 57.3 Å². The van der Waals surface area contributed by atoms with Crippen LogP contribution < -0.4 is 20.2 Å². The molecule has 0 amide bonds. The second-order valence-corrected chi connectivity index (χ2v) is 14.6. The zero-order chi connectivity index (χ0) is 22.2. The van der Waals surface area contributed by atoms with E-state index in [9.17, 15) is 0 Å². The Morgan fingerprint density at radius 2 is 1.31 bits per heavy atom. The van der Waals surface area contributed by atoms with Crippen LogP contribution in [0.4, 0.5) is 11.4 Å². The Bertz CT molecular complexity index is 1170. The summed E-state index contributed by atoms with van der Waals surface area (Å²) in [7, 11) is 0.290. The van der Waals surface area contributed by atoms with Crippen LogP contribution in [0.25, 0.3) is 5.57 Å². The molecular formula is C27H33N4Si+. The molecule has 2 aromatic carbocycles. The van der Waals surface area contributed by atoms with Crippen molar-refractivity contribution in [3.63, 3.8) is 0 Å². The molecule has 5 heteroatoms. The van der Waals surface area contributed by atoms with Crippen LogP contribution in [0.2, 0.25) is 13.1 Å². The molecule has 4 nitrogen and oxygen atoms in total. The molecule has 0 radical (unpaired) electrons. The first-order valence-corrected chi connectivity index (χ1v) is 15.0. The van der Waals surface area contributed by atoms with Gasteiger partial charge < -0.3 is 9.80 Å². The summed E-state index contributed by atoms with van der Waals surface area (Å²) in [6, 6.07) is 14.5. The maximum absolute atomic E-state index is 5.07. The van der Waals surface area contributed by atoms with Crippen LogP contribution in [-0.2, 0) is 0 Å². The smallest absolute Gasteiger partial charge is 0.331 e. The number of hydrogen-bond acceptors (Lipinski definition) is 3. The van der Waals surface area contributed by atoms with Crippen molar-refractivity contribution in [1.82, 2.24) is 0 Å². The van der Waals surface area contributed by atoms with Gasteiger partial charge in [0, 0.05) is 51.4 Å². The van der Waals surface area contributed by atoms with E-state index in [0.29, 0.717) is 0 Å². The van der Waals surface area contributed by atoms with Gasteiger partial charge in [-0.15, -0.1) is 0 Å². The summed E-state index contributed by atoms with van der Waals surface area (Å²) < 4.78 is 2.28. The fraction of sp³-hybridized carbons (Fsp3) is 0.407. The second kappa shape index (κ2) is 6.92. The topological polar surface area (TPSA) is 21.9 Å². The summed E-state index contributed by atoms with van der Waals surface area (Å²) in [4.78, 5) is 10.1. The number of anilines is 2. The van der Waals surface area contributed by atoms with E-state index < -0.39 is 8.07 Å². The Kier molecular flexibility index (Phi) is 4.32. The summed E-state index contributed by atoms with van der Waals surface area (Å²) >= 11 is 0. The first-order chi connectivity index (χ1) is 15.4. The maximum Gasteiger partial charge on any atom is 0.331 e. The first-order valence-electron chi connectivity index (χ1n) is 12.0. The second-order valence-electron chi connectivity index (χ2n) is 10.3. The molecule has 0 bridgehead atoms. The minimum absolute atomic E-state index is 1.10. The van der Waals surface area contributed by atoms with Crippen molar-refractivity contribution < 1.29 is 4.58 Å². The Morgan fingerprint density at radius 3 is 1.69 bits per heavy atom. The van der Waals surface area contributed by atoms with Gasteiger partial charge in [-0.2, -0.15) is 0 Å². The van der Waals surface area contributed by atoms with Crippen molar-refractivity contribution in [3.8, 4) is 0 Å². The lowest BCUT2D eigenvalue weighted by Gasteiger charge is -2.39. The van der Waals surface area contributed by atoms with Crippen LogP contribution in [0.15, 0.2) is 47.2 Å². The van der Waals surface area contributed by atoms with Crippen LogP contribution >= 0.6 is 0 Å². The molecule has 0 unspecified atom stereocenters. The molecule has 4 aliphatic rings. The van der Waals surface area contributed by atoms with Gasteiger partial charge >= 0.3 is 5.82 Å². The zero-order valence-electron chi connectivity index (χ0n) is 20.0. The lowest BCUT2D eigenvalue weighted by atomic mass is 9.95. The fourth-order valence-corrected chi connectivity index (χ4v) is 8.62. The number of aliphatic imine (C=N–C) groups is 1. The van der Waals surface area contributed by atoms with E-state index in [-0.39, 0.29) is 0 Å². The van der Waals surface area contributed by atoms with Crippen LogP contribution in [0.5, 0.6) is 0 Å². The van der Waals surface area contributed by atoms with E-state index in [1.165, 1.54) is 72.8 Å². The summed E-state index contributed by atoms with van der Waals surface area (Å²) in [5.74, 6) is 1.10. The van der Waals surface area contributed by atoms with Gasteiger partial charge in [0.05, 0.1) is 12.6 Å². The summed E-state index contributed by atoms with van der Waals surface area (Å²) in [5, 5.41) is 3.12. The monoisotopic (exact) mass is 441 g/mol. The maximum atomic E-state index is 5.07. The molecule has 2 fully saturated rings. The number of rotatable bonds is 2. The minimum Gasteiger partial charge on any atom is -0.371 e. The molecule has 4 heterocycles. The number of fused-ring (bicyclic) bond motifs is 2. The van der Waals surface area contributed by atoms with E-state index in [4.69, 9.17) is 4.99 Å². The largest absolute Gasteiger partial charge is 0.371 e. The predicted molar refractivity (Wildman–Crippen MR) is 139 cm³/mol. The predicted octanol–water partition coefficient (Wildman–Crippen LogP) is 3.54. The average molecular weight is 442 g/mol. The standard InChI is InChI=1S/C27H33N4Si/c1-18-19(2)29(3)27(28-18)26-22-10-8-20(30-12-6-13-30)16-24(22)32(4,5)25-17-21(9-11-23(25)26)31-14-7-15-31/h8-11,16-17H,6-7,12-15H2,1-5H3/q+1. The van der Waals surface area contributed by atoms with Gasteiger partial charge in [0.2, 0.25) is 0 Å². The molecule has 32 heavy (non-hydrogen) atoms. The summed E-state index contributed by atoms with van der Waals surface area (Å²) in [6.45, 7) is 14.1. The number of hydrogen-bond donors (Lipinski definition) is 0. The van der Waals surface area contributed by atoms with E-state index in [2.05, 4.69) is 84.8 Å². The quantitative estimate of drug-likeness (QED) is 0.525. The number of benzene rings is 2. The SMILES string of the molecule is CC1=NC(=C2c3ccc(N4CCC4)cc3[Si](C)(C)c3cc(N4CCC4)ccc32)[N+](C)=C1C. The van der Waals surface area contributed by atoms with Crippen molar-refractivity contribution >= 4 is 46.8 Å². The zero-order valence-corrected chi connectivity index (χ0v) is 21.0. The van der Waals surface area contributed by atoms with Crippen molar-refractivity contribution in [2.75, 3.05) is 43.0 Å². The molecule has 0 N–H and O–H groups in total. The van der Waals surface area contributed by atoms with Gasteiger partial charge in [-0.25, -0.2) is 4.58 Å². The lowest BCUT2D eigenvalue weighted by molar-refractivity contribution is -0.438. The van der Waals surface area contributed by atoms with Crippen molar-refractivity contribution in [2.24, 2.45) is 4.99 Å². The highest BCUT2D eigenvalue weighted by Crippen LogP contribution is 2.37. The van der Waals surface area contributed by atoms with E-state index >= 15 is 0 Å². The van der Waals surface area contributed by atoms with E-state index in [1.807, 2.05) is 0 Å². The van der Waals surface area contributed by atoms with Crippen LogP contribution in [0.3, 0.4) is 0 Å². The highest BCUT2D eigenvalue weighted by atomic mass is 28.3. The van der Waals surface area contributed by atoms with Gasteiger partial charge in [0.1, 0.15) is 13.8 Å². The van der Waals surface area contributed by atoms with Crippen molar-refractivity contribution in [3.05, 3.63) is 53.3 Å². The average Bonchev–Trinajstić information content (AvgIpc) is 2.94. The molecule has 0 spiro atoms. The molecule has 6 rings (SSSR count). The third kappa shape index (κ3) is 2.73. The summed E-state index contributed by atoms with van der Waals surface area (Å²) in [5.41, 5.74) is 9.24. The minimum atomic E-state index is -1.87. The molecule has 2 aromatic rings. The Morgan fingerprint density at radius 1 is 0.812 bits per heavy atom. The first kappa shape index (κ1) is 20.0. The van der Waals surface area contributed by atoms with Gasteiger partial charge in [-0.05, 0) is 63.6 Å². The Balaban J connectivity index is 1.63. The fourth-order valence-electron chi connectivity index (χ4n) is 5.55. The van der Waals surface area contributed by atoms with Gasteiger partial charge in [0.25, 0.3) is 0 Å². The number of nitrogens with zero attached hydrogens (tertiary/aromatic N) is 4. The Hall–Kier alpha value is -2.66. The third-order valence-corrected chi connectivity index (χ3v) is 11.7. The molecule has 164 valence electrons. The Labute approximate surface area is 192 Å². The molecule has 0 atom stereocenters. The molecule has 2 saturated heterocycles. The van der Waals surface area contributed by atoms with E-state index in [0.717, 1.165) is 11.5 Å². The van der Waals surface area contributed by atoms with Crippen molar-refractivity contribution in [1.29, 1.82) is 0 Å². The molecule has 0 saturated carbocycles. The molecule has 0 aromatic heterocycles. The van der Waals surface area contributed by atoms with Crippen LogP contribution in [0, 0.1) is 0 Å². The van der Waals surface area contributed by atoms with Gasteiger partial charge in [-0.3, -0.25) is 0 Å². The molecular weight excluding hydrogens is 408 g/mol. The van der Waals surface area contributed by atoms with Gasteiger partial charge in [-0.1, -0.05) is 25.2 Å². The highest BCUT2D eigenvalue weighted by Gasteiger charge is 2.42. The molecule has 0 aliphatic carbocycles. The highest BCUT2D eigenvalue weighted by molar-refractivity contribution is 7.02. The molecule has 4 aliphatic heterocycles. The van der Waals surface area contributed by atoms with Crippen LogP contribution in [0.1, 0.15) is 37.8 Å². The van der Waals surface area contributed by atoms with E-state index in [1.54, 1.807) is 10.4 Å². The summed E-state index contributed by atoms with van der Waals surface area (Å²) in [6.07, 6.45) is 2.62. The normalized spacial score (nSPS) is 21.2.